The van der Waals surface area contributed by atoms with Gasteiger partial charge in [0.05, 0.1) is 18.1 Å². The topological polar surface area (TPSA) is 63.7 Å². The zero-order chi connectivity index (χ0) is 17.0. The first-order valence-corrected chi connectivity index (χ1v) is 10.5. The van der Waals surface area contributed by atoms with E-state index in [1.165, 1.54) is 0 Å². The molecule has 5 nitrogen and oxygen atoms in total. The Labute approximate surface area is 143 Å². The second kappa shape index (κ2) is 7.55. The van der Waals surface area contributed by atoms with E-state index in [-0.39, 0.29) is 29.4 Å². The summed E-state index contributed by atoms with van der Waals surface area (Å²) in [5.41, 5.74) is 0. The van der Waals surface area contributed by atoms with E-state index in [9.17, 15) is 13.2 Å². The minimum absolute atomic E-state index is 0.0389. The van der Waals surface area contributed by atoms with Crippen LogP contribution in [0.25, 0.3) is 0 Å². The van der Waals surface area contributed by atoms with Crippen LogP contribution in [0.3, 0.4) is 0 Å². The molecular formula is C18H25NO4S. The fourth-order valence-corrected chi connectivity index (χ4v) is 5.45. The monoisotopic (exact) mass is 351 g/mol. The maximum atomic E-state index is 12.4. The van der Waals surface area contributed by atoms with Gasteiger partial charge in [-0.25, -0.2) is 8.42 Å². The number of piperidine rings is 1. The molecule has 2 saturated heterocycles. The second-order valence-corrected chi connectivity index (χ2v) is 9.07. The zero-order valence-corrected chi connectivity index (χ0v) is 14.7. The summed E-state index contributed by atoms with van der Waals surface area (Å²) in [5.74, 6) is 1.65. The highest BCUT2D eigenvalue weighted by Crippen LogP contribution is 2.24. The van der Waals surface area contributed by atoms with Gasteiger partial charge in [-0.2, -0.15) is 0 Å². The largest absolute Gasteiger partial charge is 0.489 e. The lowest BCUT2D eigenvalue weighted by Crippen LogP contribution is -2.44. The Balaban J connectivity index is 1.46. The Hall–Kier alpha value is -1.56. The van der Waals surface area contributed by atoms with Crippen molar-refractivity contribution in [3.05, 3.63) is 30.3 Å². The number of para-hydroxylation sites is 1. The van der Waals surface area contributed by atoms with E-state index in [0.29, 0.717) is 25.8 Å². The van der Waals surface area contributed by atoms with Gasteiger partial charge in [0.15, 0.2) is 9.84 Å². The Bertz CT molecular complexity index is 659. The number of hydrogen-bond donors (Lipinski definition) is 0. The van der Waals surface area contributed by atoms with Crippen LogP contribution in [-0.2, 0) is 14.6 Å². The van der Waals surface area contributed by atoms with Gasteiger partial charge in [-0.05, 0) is 43.7 Å². The highest BCUT2D eigenvalue weighted by Gasteiger charge is 2.29. The molecule has 6 heteroatoms. The molecule has 2 heterocycles. The fourth-order valence-electron chi connectivity index (χ4n) is 3.54. The SMILES string of the molecule is O=C(CCC1CCS(=O)(=O)C1)N1CCCC(Oc2ccccc2)C1. The van der Waals surface area contributed by atoms with Crippen molar-refractivity contribution in [1.82, 2.24) is 4.90 Å². The van der Waals surface area contributed by atoms with Crippen LogP contribution in [0.2, 0.25) is 0 Å². The first-order valence-electron chi connectivity index (χ1n) is 8.72. The fraction of sp³-hybridized carbons (Fsp3) is 0.611. The number of amides is 1. The van der Waals surface area contributed by atoms with E-state index in [4.69, 9.17) is 4.74 Å². The zero-order valence-electron chi connectivity index (χ0n) is 13.9. The molecule has 0 N–H and O–H groups in total. The van der Waals surface area contributed by atoms with Crippen molar-refractivity contribution in [3.63, 3.8) is 0 Å². The minimum Gasteiger partial charge on any atom is -0.489 e. The van der Waals surface area contributed by atoms with Crippen LogP contribution >= 0.6 is 0 Å². The molecule has 2 fully saturated rings. The average molecular weight is 351 g/mol. The van der Waals surface area contributed by atoms with Gasteiger partial charge in [-0.3, -0.25) is 4.79 Å². The van der Waals surface area contributed by atoms with E-state index >= 15 is 0 Å². The molecule has 0 spiro atoms. The average Bonchev–Trinajstić information content (AvgIpc) is 2.93. The molecule has 2 unspecified atom stereocenters. The first-order chi connectivity index (χ1) is 11.5. The Morgan fingerprint density at radius 2 is 2.00 bits per heavy atom. The highest BCUT2D eigenvalue weighted by molar-refractivity contribution is 7.91. The highest BCUT2D eigenvalue weighted by atomic mass is 32.2. The molecule has 0 radical (unpaired) electrons. The predicted molar refractivity (Wildman–Crippen MR) is 92.7 cm³/mol. The van der Waals surface area contributed by atoms with Gasteiger partial charge in [-0.15, -0.1) is 0 Å². The van der Waals surface area contributed by atoms with Crippen molar-refractivity contribution in [2.24, 2.45) is 5.92 Å². The predicted octanol–water partition coefficient (Wildman–Crippen LogP) is 2.27. The number of carbonyl (C=O) groups excluding carboxylic acids is 1. The molecule has 1 aromatic carbocycles. The third-order valence-corrected chi connectivity index (χ3v) is 6.71. The van der Waals surface area contributed by atoms with Gasteiger partial charge in [0.1, 0.15) is 11.9 Å². The third kappa shape index (κ3) is 4.72. The van der Waals surface area contributed by atoms with Crippen molar-refractivity contribution in [3.8, 4) is 5.75 Å². The van der Waals surface area contributed by atoms with Gasteiger partial charge in [0, 0.05) is 13.0 Å². The van der Waals surface area contributed by atoms with Crippen molar-refractivity contribution in [2.75, 3.05) is 24.6 Å². The lowest BCUT2D eigenvalue weighted by molar-refractivity contribution is -0.134. The third-order valence-electron chi connectivity index (χ3n) is 4.87. The summed E-state index contributed by atoms with van der Waals surface area (Å²) in [6, 6.07) is 9.70. The molecule has 1 aromatic rings. The number of hydrogen-bond acceptors (Lipinski definition) is 4. The first kappa shape index (κ1) is 17.3. The molecule has 132 valence electrons. The maximum Gasteiger partial charge on any atom is 0.222 e. The van der Waals surface area contributed by atoms with E-state index in [1.807, 2.05) is 35.2 Å². The lowest BCUT2D eigenvalue weighted by Gasteiger charge is -2.33. The number of benzene rings is 1. The molecule has 0 bridgehead atoms. The standard InChI is InChI=1S/C18H25NO4S/c20-18(9-8-15-10-12-24(21,22)14-15)19-11-4-7-17(13-19)23-16-5-2-1-3-6-16/h1-3,5-6,15,17H,4,7-14H2. The maximum absolute atomic E-state index is 12.4. The van der Waals surface area contributed by atoms with Gasteiger partial charge < -0.3 is 9.64 Å². The Morgan fingerprint density at radius 3 is 2.71 bits per heavy atom. The molecule has 0 saturated carbocycles. The summed E-state index contributed by atoms with van der Waals surface area (Å²) in [4.78, 5) is 14.3. The van der Waals surface area contributed by atoms with E-state index in [2.05, 4.69) is 0 Å². The van der Waals surface area contributed by atoms with Crippen LogP contribution < -0.4 is 4.74 Å². The Kier molecular flexibility index (Phi) is 5.43. The minimum atomic E-state index is -2.86. The number of ether oxygens (including phenoxy) is 1. The Morgan fingerprint density at radius 1 is 1.21 bits per heavy atom. The number of nitrogens with zero attached hydrogens (tertiary/aromatic N) is 1. The summed E-state index contributed by atoms with van der Waals surface area (Å²) in [7, 11) is -2.86. The van der Waals surface area contributed by atoms with Gasteiger partial charge in [-0.1, -0.05) is 18.2 Å². The van der Waals surface area contributed by atoms with Crippen LogP contribution in [0.1, 0.15) is 32.1 Å². The number of rotatable bonds is 5. The second-order valence-electron chi connectivity index (χ2n) is 6.84. The van der Waals surface area contributed by atoms with Gasteiger partial charge in [0.25, 0.3) is 0 Å². The van der Waals surface area contributed by atoms with Gasteiger partial charge in [0.2, 0.25) is 5.91 Å². The van der Waals surface area contributed by atoms with E-state index < -0.39 is 9.84 Å². The summed E-state index contributed by atoms with van der Waals surface area (Å²) in [5, 5.41) is 0. The van der Waals surface area contributed by atoms with E-state index in [0.717, 1.165) is 25.1 Å². The lowest BCUT2D eigenvalue weighted by atomic mass is 10.0. The molecule has 2 aliphatic rings. The van der Waals surface area contributed by atoms with Crippen molar-refractivity contribution in [2.45, 2.75) is 38.2 Å². The molecular weight excluding hydrogens is 326 g/mol. The number of sulfone groups is 1. The summed E-state index contributed by atoms with van der Waals surface area (Å²) in [6.45, 7) is 1.40. The van der Waals surface area contributed by atoms with Crippen LogP contribution in [0.4, 0.5) is 0 Å². The smallest absolute Gasteiger partial charge is 0.222 e. The molecule has 24 heavy (non-hydrogen) atoms. The van der Waals surface area contributed by atoms with Crippen molar-refractivity contribution >= 4 is 15.7 Å². The number of likely N-dealkylation sites (tertiary alicyclic amines) is 1. The molecule has 2 aliphatic heterocycles. The molecule has 1 amide bonds. The van der Waals surface area contributed by atoms with Crippen LogP contribution in [0, 0.1) is 5.92 Å². The summed E-state index contributed by atoms with van der Waals surface area (Å²) < 4.78 is 29.0. The van der Waals surface area contributed by atoms with E-state index in [1.54, 1.807) is 0 Å². The normalized spacial score (nSPS) is 26.2. The molecule has 0 aromatic heterocycles. The van der Waals surface area contributed by atoms with Crippen LogP contribution in [0.15, 0.2) is 30.3 Å². The molecule has 3 rings (SSSR count). The quantitative estimate of drug-likeness (QED) is 0.816. The summed E-state index contributed by atoms with van der Waals surface area (Å²) in [6.07, 6.45) is 3.77. The number of carbonyl (C=O) groups is 1. The van der Waals surface area contributed by atoms with Crippen LogP contribution in [0.5, 0.6) is 5.75 Å². The molecule has 2 atom stereocenters. The van der Waals surface area contributed by atoms with Crippen LogP contribution in [-0.4, -0.2) is 49.9 Å². The summed E-state index contributed by atoms with van der Waals surface area (Å²) >= 11 is 0. The molecule has 0 aliphatic carbocycles. The van der Waals surface area contributed by atoms with Gasteiger partial charge >= 0.3 is 0 Å². The van der Waals surface area contributed by atoms with Crippen molar-refractivity contribution < 1.29 is 17.9 Å². The van der Waals surface area contributed by atoms with Crippen molar-refractivity contribution in [1.29, 1.82) is 0 Å².